The topological polar surface area (TPSA) is 83.7 Å². The number of carbonyl (C=O) groups is 1. The first-order chi connectivity index (χ1) is 10.1. The van der Waals surface area contributed by atoms with Crippen molar-refractivity contribution in [1.82, 2.24) is 4.90 Å². The molecule has 1 aromatic carbocycles. The highest BCUT2D eigenvalue weighted by Gasteiger charge is 2.22. The van der Waals surface area contributed by atoms with Crippen LogP contribution in [0.15, 0.2) is 29.2 Å². The smallest absolute Gasteiger partial charge is 0.269 e. The molecule has 0 saturated carbocycles. The minimum atomic E-state index is -0.440. The van der Waals surface area contributed by atoms with E-state index >= 15 is 0 Å². The van der Waals surface area contributed by atoms with Gasteiger partial charge in [0, 0.05) is 36.7 Å². The number of rotatable bonds is 5. The van der Waals surface area contributed by atoms with Crippen molar-refractivity contribution in [3.05, 3.63) is 34.4 Å². The van der Waals surface area contributed by atoms with Gasteiger partial charge in [-0.2, -0.15) is 0 Å². The van der Waals surface area contributed by atoms with E-state index in [0.717, 1.165) is 17.7 Å². The normalized spacial score (nSPS) is 16.0. The number of carbonyl (C=O) groups excluding carboxylic acids is 1. The lowest BCUT2D eigenvalue weighted by atomic mass is 9.98. The van der Waals surface area contributed by atoms with Gasteiger partial charge in [0.15, 0.2) is 0 Å². The third kappa shape index (κ3) is 4.44. The quantitative estimate of drug-likeness (QED) is 0.510. The molecule has 1 amide bonds. The summed E-state index contributed by atoms with van der Waals surface area (Å²) in [7, 11) is 0. The lowest BCUT2D eigenvalue weighted by molar-refractivity contribution is -0.384. The van der Waals surface area contributed by atoms with Crippen LogP contribution < -0.4 is 0 Å². The number of nitro groups is 1. The van der Waals surface area contributed by atoms with Crippen molar-refractivity contribution >= 4 is 23.4 Å². The highest BCUT2D eigenvalue weighted by molar-refractivity contribution is 8.00. The Bertz CT molecular complexity index is 498. The molecule has 1 aliphatic rings. The number of aliphatic hydroxyl groups is 1. The Labute approximate surface area is 127 Å². The Morgan fingerprint density at radius 3 is 2.48 bits per heavy atom. The van der Waals surface area contributed by atoms with E-state index in [1.165, 1.54) is 23.9 Å². The van der Waals surface area contributed by atoms with Gasteiger partial charge in [0.1, 0.15) is 0 Å². The molecule has 1 saturated heterocycles. The second-order valence-electron chi connectivity index (χ2n) is 5.05. The van der Waals surface area contributed by atoms with E-state index in [-0.39, 0.29) is 18.2 Å². The van der Waals surface area contributed by atoms with Crippen molar-refractivity contribution < 1.29 is 14.8 Å². The molecule has 0 unspecified atom stereocenters. The third-order valence-electron chi connectivity index (χ3n) is 3.64. The third-order valence-corrected chi connectivity index (χ3v) is 4.63. The summed E-state index contributed by atoms with van der Waals surface area (Å²) >= 11 is 1.39. The summed E-state index contributed by atoms with van der Waals surface area (Å²) in [5, 5.41) is 19.6. The molecule has 1 heterocycles. The number of nitrogens with zero attached hydrogens (tertiary/aromatic N) is 2. The second-order valence-corrected chi connectivity index (χ2v) is 6.10. The highest BCUT2D eigenvalue weighted by Crippen LogP contribution is 2.23. The van der Waals surface area contributed by atoms with Gasteiger partial charge in [-0.25, -0.2) is 0 Å². The fourth-order valence-electron chi connectivity index (χ4n) is 2.27. The number of hydrogen-bond donors (Lipinski definition) is 1. The minimum Gasteiger partial charge on any atom is -0.396 e. The van der Waals surface area contributed by atoms with Crippen LogP contribution in [-0.2, 0) is 4.79 Å². The summed E-state index contributed by atoms with van der Waals surface area (Å²) < 4.78 is 0. The first-order valence-electron chi connectivity index (χ1n) is 6.86. The van der Waals surface area contributed by atoms with Gasteiger partial charge >= 0.3 is 0 Å². The van der Waals surface area contributed by atoms with Crippen LogP contribution in [0.3, 0.4) is 0 Å². The molecule has 21 heavy (non-hydrogen) atoms. The van der Waals surface area contributed by atoms with Gasteiger partial charge in [-0.05, 0) is 30.9 Å². The Hall–Kier alpha value is -1.60. The SMILES string of the molecule is O=C(CSc1ccc([N+](=O)[O-])cc1)N1CCC(CO)CC1. The Balaban J connectivity index is 1.80. The molecule has 7 heteroatoms. The average molecular weight is 310 g/mol. The predicted octanol–water partition coefficient (Wildman–Crippen LogP) is 1.92. The van der Waals surface area contributed by atoms with Crippen LogP contribution in [0, 0.1) is 16.0 Å². The zero-order valence-electron chi connectivity index (χ0n) is 11.6. The first-order valence-corrected chi connectivity index (χ1v) is 7.84. The van der Waals surface area contributed by atoms with E-state index in [4.69, 9.17) is 5.11 Å². The van der Waals surface area contributed by atoms with Gasteiger partial charge in [0.05, 0.1) is 10.7 Å². The Morgan fingerprint density at radius 1 is 1.33 bits per heavy atom. The summed E-state index contributed by atoms with van der Waals surface area (Å²) in [4.78, 5) is 24.9. The van der Waals surface area contributed by atoms with Gasteiger partial charge in [-0.15, -0.1) is 11.8 Å². The van der Waals surface area contributed by atoms with Crippen LogP contribution >= 0.6 is 11.8 Å². The Kier molecular flexibility index (Phi) is 5.58. The Morgan fingerprint density at radius 2 is 1.95 bits per heavy atom. The highest BCUT2D eigenvalue weighted by atomic mass is 32.2. The number of hydrogen-bond acceptors (Lipinski definition) is 5. The van der Waals surface area contributed by atoms with E-state index < -0.39 is 4.92 Å². The molecule has 0 radical (unpaired) electrons. The molecular weight excluding hydrogens is 292 g/mol. The van der Waals surface area contributed by atoms with Crippen molar-refractivity contribution in [3.8, 4) is 0 Å². The fraction of sp³-hybridized carbons (Fsp3) is 0.500. The first kappa shape index (κ1) is 15.8. The summed E-state index contributed by atoms with van der Waals surface area (Å²) in [6, 6.07) is 6.21. The number of aliphatic hydroxyl groups excluding tert-OH is 1. The van der Waals surface area contributed by atoms with Crippen molar-refractivity contribution in [1.29, 1.82) is 0 Å². The average Bonchev–Trinajstić information content (AvgIpc) is 2.53. The van der Waals surface area contributed by atoms with E-state index in [9.17, 15) is 14.9 Å². The maximum Gasteiger partial charge on any atom is 0.269 e. The maximum absolute atomic E-state index is 12.1. The zero-order valence-corrected chi connectivity index (χ0v) is 12.4. The molecule has 1 aliphatic heterocycles. The molecule has 1 fully saturated rings. The lowest BCUT2D eigenvalue weighted by Crippen LogP contribution is -2.40. The van der Waals surface area contributed by atoms with Crippen LogP contribution in [0.2, 0.25) is 0 Å². The van der Waals surface area contributed by atoms with Crippen LogP contribution in [0.1, 0.15) is 12.8 Å². The summed E-state index contributed by atoms with van der Waals surface area (Å²) in [6.45, 7) is 1.59. The minimum absolute atomic E-state index is 0.0525. The van der Waals surface area contributed by atoms with Crippen molar-refractivity contribution in [2.75, 3.05) is 25.4 Å². The molecule has 0 bridgehead atoms. The molecule has 6 nitrogen and oxygen atoms in total. The van der Waals surface area contributed by atoms with Crippen LogP contribution in [0.5, 0.6) is 0 Å². The van der Waals surface area contributed by atoms with Gasteiger partial charge in [0.25, 0.3) is 5.69 Å². The molecule has 1 N–H and O–H groups in total. The molecule has 0 aliphatic carbocycles. The number of nitro benzene ring substituents is 1. The van der Waals surface area contributed by atoms with Crippen LogP contribution in [0.25, 0.3) is 0 Å². The van der Waals surface area contributed by atoms with Crippen molar-refractivity contribution in [2.45, 2.75) is 17.7 Å². The van der Waals surface area contributed by atoms with Gasteiger partial charge in [-0.1, -0.05) is 0 Å². The van der Waals surface area contributed by atoms with E-state index in [2.05, 4.69) is 0 Å². The molecule has 0 aromatic heterocycles. The number of piperidine rings is 1. The molecule has 0 atom stereocenters. The van der Waals surface area contributed by atoms with E-state index in [0.29, 0.717) is 24.8 Å². The number of likely N-dealkylation sites (tertiary alicyclic amines) is 1. The largest absolute Gasteiger partial charge is 0.396 e. The van der Waals surface area contributed by atoms with Gasteiger partial charge in [-0.3, -0.25) is 14.9 Å². The fourth-order valence-corrected chi connectivity index (χ4v) is 3.07. The number of thioether (sulfide) groups is 1. The van der Waals surface area contributed by atoms with Crippen LogP contribution in [0.4, 0.5) is 5.69 Å². The zero-order chi connectivity index (χ0) is 15.2. The number of amides is 1. The molecule has 114 valence electrons. The van der Waals surface area contributed by atoms with E-state index in [1.54, 1.807) is 12.1 Å². The molecule has 0 spiro atoms. The van der Waals surface area contributed by atoms with Crippen LogP contribution in [-0.4, -0.2) is 46.3 Å². The predicted molar refractivity (Wildman–Crippen MR) is 80.2 cm³/mol. The van der Waals surface area contributed by atoms with Gasteiger partial charge in [0.2, 0.25) is 5.91 Å². The van der Waals surface area contributed by atoms with E-state index in [1.807, 2.05) is 4.90 Å². The summed E-state index contributed by atoms with van der Waals surface area (Å²) in [5.41, 5.74) is 0.0525. The maximum atomic E-state index is 12.1. The van der Waals surface area contributed by atoms with Crippen molar-refractivity contribution in [2.24, 2.45) is 5.92 Å². The van der Waals surface area contributed by atoms with Crippen molar-refractivity contribution in [3.63, 3.8) is 0 Å². The molecule has 1 aromatic rings. The number of benzene rings is 1. The lowest BCUT2D eigenvalue weighted by Gasteiger charge is -2.31. The summed E-state index contributed by atoms with van der Waals surface area (Å²) in [5.74, 6) is 0.729. The number of non-ortho nitro benzene ring substituents is 1. The second kappa shape index (κ2) is 7.42. The molecular formula is C14H18N2O4S. The molecule has 2 rings (SSSR count). The van der Waals surface area contributed by atoms with Gasteiger partial charge < -0.3 is 10.0 Å². The standard InChI is InChI=1S/C14H18N2O4S/c17-9-11-5-7-15(8-6-11)14(18)10-21-13-3-1-12(2-4-13)16(19)20/h1-4,11,17H,5-10H2. The monoisotopic (exact) mass is 310 g/mol. The summed E-state index contributed by atoms with van der Waals surface area (Å²) in [6.07, 6.45) is 1.70.